The van der Waals surface area contributed by atoms with E-state index in [0.29, 0.717) is 0 Å². The predicted molar refractivity (Wildman–Crippen MR) is 48.7 cm³/mol. The summed E-state index contributed by atoms with van der Waals surface area (Å²) in [5, 5.41) is 11.8. The molecule has 2 rings (SSSR count). The van der Waals surface area contributed by atoms with Gasteiger partial charge in [0, 0.05) is 11.5 Å². The van der Waals surface area contributed by atoms with Crippen molar-refractivity contribution in [1.82, 2.24) is 4.98 Å². The number of H-pyrrole nitrogens is 1. The number of nitrogens with one attached hydrogen (secondary N) is 1. The molecule has 12 heavy (non-hydrogen) atoms. The maximum absolute atomic E-state index is 9.74. The Morgan fingerprint density at radius 3 is 3.17 bits per heavy atom. The van der Waals surface area contributed by atoms with Gasteiger partial charge in [-0.1, -0.05) is 6.08 Å². The van der Waals surface area contributed by atoms with Gasteiger partial charge in [-0.15, -0.1) is 0 Å². The van der Waals surface area contributed by atoms with E-state index in [4.69, 9.17) is 0 Å². The van der Waals surface area contributed by atoms with Crippen LogP contribution in [0.5, 0.6) is 0 Å². The van der Waals surface area contributed by atoms with E-state index in [1.54, 1.807) is 13.0 Å². The van der Waals surface area contributed by atoms with E-state index in [0.717, 1.165) is 10.6 Å². The summed E-state index contributed by atoms with van der Waals surface area (Å²) >= 11 is 0. The molecule has 0 amide bonds. The molecule has 0 saturated heterocycles. The van der Waals surface area contributed by atoms with Crippen molar-refractivity contribution in [3.05, 3.63) is 35.0 Å². The third kappa shape index (κ3) is 1.21. The van der Waals surface area contributed by atoms with Crippen molar-refractivity contribution >= 4 is 12.2 Å². The molecule has 2 nitrogen and oxygen atoms in total. The van der Waals surface area contributed by atoms with Crippen molar-refractivity contribution in [3.63, 3.8) is 0 Å². The van der Waals surface area contributed by atoms with Crippen LogP contribution < -0.4 is 10.6 Å². The number of aromatic amines is 1. The predicted octanol–water partition coefficient (Wildman–Crippen LogP) is -0.104. The van der Waals surface area contributed by atoms with Crippen LogP contribution in [-0.4, -0.2) is 15.7 Å². The maximum Gasteiger partial charge on any atom is 0.0993 e. The smallest absolute Gasteiger partial charge is 0.0993 e. The standard InChI is InChI=1S/C10H11NO/c1-10(12)5-2-3-9-8(7-10)4-6-11-9/h2-7,11-12H,1H3. The van der Waals surface area contributed by atoms with Crippen molar-refractivity contribution in [3.8, 4) is 0 Å². The Balaban J connectivity index is 2.75. The molecule has 1 aromatic heterocycles. The Kier molecular flexibility index (Phi) is 1.45. The molecule has 1 aliphatic rings. The average molecular weight is 161 g/mol. The third-order valence-corrected chi connectivity index (χ3v) is 1.96. The number of hydrogen-bond donors (Lipinski definition) is 2. The molecule has 1 unspecified atom stereocenters. The molecular weight excluding hydrogens is 150 g/mol. The van der Waals surface area contributed by atoms with Gasteiger partial charge in [0.25, 0.3) is 0 Å². The van der Waals surface area contributed by atoms with E-state index >= 15 is 0 Å². The molecule has 1 atom stereocenters. The summed E-state index contributed by atoms with van der Waals surface area (Å²) < 4.78 is 0. The third-order valence-electron chi connectivity index (χ3n) is 1.96. The van der Waals surface area contributed by atoms with E-state index in [9.17, 15) is 5.11 Å². The van der Waals surface area contributed by atoms with Gasteiger partial charge in [-0.25, -0.2) is 0 Å². The van der Waals surface area contributed by atoms with Crippen molar-refractivity contribution in [2.45, 2.75) is 12.5 Å². The van der Waals surface area contributed by atoms with Crippen molar-refractivity contribution in [2.75, 3.05) is 0 Å². The largest absolute Gasteiger partial charge is 0.382 e. The molecule has 2 N–H and O–H groups in total. The second kappa shape index (κ2) is 2.35. The zero-order chi connectivity index (χ0) is 8.60. The lowest BCUT2D eigenvalue weighted by atomic mass is 10.1. The van der Waals surface area contributed by atoms with E-state index in [-0.39, 0.29) is 0 Å². The first-order chi connectivity index (χ1) is 5.67. The molecule has 1 aliphatic carbocycles. The van der Waals surface area contributed by atoms with Gasteiger partial charge in [0.05, 0.1) is 5.60 Å². The molecular formula is C10H11NO. The lowest BCUT2D eigenvalue weighted by Crippen LogP contribution is -2.26. The van der Waals surface area contributed by atoms with Crippen LogP contribution in [-0.2, 0) is 0 Å². The first kappa shape index (κ1) is 7.37. The molecule has 1 heterocycles. The lowest BCUT2D eigenvalue weighted by molar-refractivity contribution is 0.180. The molecule has 62 valence electrons. The van der Waals surface area contributed by atoms with E-state index in [1.165, 1.54) is 0 Å². The van der Waals surface area contributed by atoms with Crippen LogP contribution in [0.15, 0.2) is 24.4 Å². The van der Waals surface area contributed by atoms with Crippen molar-refractivity contribution in [1.29, 1.82) is 0 Å². The highest BCUT2D eigenvalue weighted by Gasteiger charge is 2.12. The minimum atomic E-state index is -0.829. The van der Waals surface area contributed by atoms with Crippen molar-refractivity contribution in [2.24, 2.45) is 0 Å². The van der Waals surface area contributed by atoms with Gasteiger partial charge >= 0.3 is 0 Å². The Hall–Kier alpha value is -1.28. The zero-order valence-electron chi connectivity index (χ0n) is 6.91. The molecule has 0 bridgehead atoms. The average Bonchev–Trinajstić information content (AvgIpc) is 2.31. The number of allylic oxidation sites excluding steroid dienone is 1. The monoisotopic (exact) mass is 161 g/mol. The normalized spacial score (nSPS) is 26.8. The highest BCUT2D eigenvalue weighted by Crippen LogP contribution is 2.07. The van der Waals surface area contributed by atoms with Crippen molar-refractivity contribution < 1.29 is 5.11 Å². The molecule has 2 heteroatoms. The fourth-order valence-corrected chi connectivity index (χ4v) is 1.37. The molecule has 0 saturated carbocycles. The molecule has 0 radical (unpaired) electrons. The summed E-state index contributed by atoms with van der Waals surface area (Å²) in [6, 6.07) is 1.95. The Morgan fingerprint density at radius 2 is 2.33 bits per heavy atom. The van der Waals surface area contributed by atoms with Crippen LogP contribution in [0.3, 0.4) is 0 Å². The number of hydrogen-bond acceptors (Lipinski definition) is 1. The summed E-state index contributed by atoms with van der Waals surface area (Å²) in [6.07, 6.45) is 9.28. The summed E-state index contributed by atoms with van der Waals surface area (Å²) in [7, 11) is 0. The van der Waals surface area contributed by atoms with Gasteiger partial charge in [0.1, 0.15) is 0 Å². The highest BCUT2D eigenvalue weighted by atomic mass is 16.3. The van der Waals surface area contributed by atoms with E-state index in [1.807, 2.05) is 30.5 Å². The van der Waals surface area contributed by atoms with E-state index < -0.39 is 5.60 Å². The summed E-state index contributed by atoms with van der Waals surface area (Å²) in [5.41, 5.74) is -0.829. The molecule has 0 spiro atoms. The second-order valence-electron chi connectivity index (χ2n) is 3.24. The van der Waals surface area contributed by atoms with Crippen LogP contribution in [0.1, 0.15) is 6.92 Å². The van der Waals surface area contributed by atoms with Crippen LogP contribution in [0, 0.1) is 0 Å². The number of rotatable bonds is 0. The highest BCUT2D eigenvalue weighted by molar-refractivity contribution is 5.48. The minimum absolute atomic E-state index is 0.829. The zero-order valence-corrected chi connectivity index (χ0v) is 6.91. The van der Waals surface area contributed by atoms with Gasteiger partial charge in [0.2, 0.25) is 0 Å². The number of aromatic nitrogens is 1. The molecule has 0 aliphatic heterocycles. The van der Waals surface area contributed by atoms with Crippen LogP contribution in [0.2, 0.25) is 0 Å². The maximum atomic E-state index is 9.74. The van der Waals surface area contributed by atoms with Gasteiger partial charge in [-0.2, -0.15) is 0 Å². The van der Waals surface area contributed by atoms with Gasteiger partial charge < -0.3 is 10.1 Å². The topological polar surface area (TPSA) is 36.0 Å². The SMILES string of the molecule is CC1(O)C=CC=c2[nH]ccc2=C1. The van der Waals surface area contributed by atoms with Gasteiger partial charge in [-0.05, 0) is 36.4 Å². The number of fused-ring (bicyclic) bond motifs is 1. The lowest BCUT2D eigenvalue weighted by Gasteiger charge is -2.11. The molecule has 0 aromatic carbocycles. The first-order valence-corrected chi connectivity index (χ1v) is 3.96. The fourth-order valence-electron chi connectivity index (χ4n) is 1.37. The summed E-state index contributed by atoms with van der Waals surface area (Å²) in [4.78, 5) is 3.09. The summed E-state index contributed by atoms with van der Waals surface area (Å²) in [5.74, 6) is 0. The van der Waals surface area contributed by atoms with Gasteiger partial charge in [-0.3, -0.25) is 0 Å². The first-order valence-electron chi connectivity index (χ1n) is 3.96. The Morgan fingerprint density at radius 1 is 1.50 bits per heavy atom. The van der Waals surface area contributed by atoms with Crippen LogP contribution >= 0.6 is 0 Å². The second-order valence-corrected chi connectivity index (χ2v) is 3.24. The summed E-state index contributed by atoms with van der Waals surface area (Å²) in [6.45, 7) is 1.76. The quantitative estimate of drug-likeness (QED) is 0.547. The Bertz CT molecular complexity index is 423. The molecule has 1 aromatic rings. The fraction of sp³-hybridized carbons (Fsp3) is 0.200. The minimum Gasteiger partial charge on any atom is -0.382 e. The van der Waals surface area contributed by atoms with Gasteiger partial charge in [0.15, 0.2) is 0 Å². The number of aliphatic hydroxyl groups is 1. The van der Waals surface area contributed by atoms with Crippen LogP contribution in [0.25, 0.3) is 12.2 Å². The Labute approximate surface area is 70.5 Å². The molecule has 0 fully saturated rings. The van der Waals surface area contributed by atoms with E-state index in [2.05, 4.69) is 4.98 Å². The van der Waals surface area contributed by atoms with Crippen LogP contribution in [0.4, 0.5) is 0 Å².